The minimum Gasteiger partial charge on any atom is -0.352 e. The van der Waals surface area contributed by atoms with Crippen LogP contribution in [-0.2, 0) is 16.1 Å². The van der Waals surface area contributed by atoms with Gasteiger partial charge in [0.1, 0.15) is 0 Å². The lowest BCUT2D eigenvalue weighted by atomic mass is 9.81. The van der Waals surface area contributed by atoms with E-state index in [1.165, 1.54) is 5.56 Å². The van der Waals surface area contributed by atoms with Gasteiger partial charge in [0, 0.05) is 24.1 Å². The van der Waals surface area contributed by atoms with Crippen LogP contribution in [0.25, 0.3) is 0 Å². The van der Waals surface area contributed by atoms with Crippen molar-refractivity contribution in [2.45, 2.75) is 46.1 Å². The first kappa shape index (κ1) is 19.2. The first-order valence-corrected chi connectivity index (χ1v) is 9.72. The molecule has 27 heavy (non-hydrogen) atoms. The molecular formula is C23H28N2O2. The molecule has 0 aliphatic heterocycles. The van der Waals surface area contributed by atoms with Gasteiger partial charge < -0.3 is 10.6 Å². The van der Waals surface area contributed by atoms with Gasteiger partial charge >= 0.3 is 0 Å². The smallest absolute Gasteiger partial charge is 0.227 e. The molecule has 2 N–H and O–H groups in total. The van der Waals surface area contributed by atoms with Crippen molar-refractivity contribution in [1.82, 2.24) is 5.32 Å². The van der Waals surface area contributed by atoms with E-state index < -0.39 is 0 Å². The Morgan fingerprint density at radius 2 is 1.52 bits per heavy atom. The van der Waals surface area contributed by atoms with E-state index >= 15 is 0 Å². The van der Waals surface area contributed by atoms with E-state index in [9.17, 15) is 9.59 Å². The maximum absolute atomic E-state index is 12.6. The van der Waals surface area contributed by atoms with Crippen LogP contribution in [0.15, 0.2) is 48.5 Å². The molecule has 1 fully saturated rings. The quantitative estimate of drug-likeness (QED) is 0.828. The van der Waals surface area contributed by atoms with Gasteiger partial charge in [0.05, 0.1) is 0 Å². The summed E-state index contributed by atoms with van der Waals surface area (Å²) >= 11 is 0. The minimum atomic E-state index is -0.0103. The third-order valence-electron chi connectivity index (χ3n) is 5.42. The molecule has 142 valence electrons. The third-order valence-corrected chi connectivity index (χ3v) is 5.42. The van der Waals surface area contributed by atoms with Gasteiger partial charge in [0.25, 0.3) is 0 Å². The molecule has 0 spiro atoms. The van der Waals surface area contributed by atoms with Crippen LogP contribution in [-0.4, -0.2) is 11.8 Å². The average molecular weight is 364 g/mol. The number of rotatable bonds is 5. The number of amides is 2. The molecule has 0 aromatic heterocycles. The second-order valence-corrected chi connectivity index (χ2v) is 7.56. The van der Waals surface area contributed by atoms with Gasteiger partial charge in [0.15, 0.2) is 0 Å². The van der Waals surface area contributed by atoms with Gasteiger partial charge in [0.2, 0.25) is 11.8 Å². The van der Waals surface area contributed by atoms with Crippen LogP contribution >= 0.6 is 0 Å². The minimum absolute atomic E-state index is 0.0103. The van der Waals surface area contributed by atoms with Crippen molar-refractivity contribution in [2.24, 2.45) is 11.8 Å². The summed E-state index contributed by atoms with van der Waals surface area (Å²) in [4.78, 5) is 25.0. The monoisotopic (exact) mass is 364 g/mol. The standard InChI is InChI=1S/C23H28N2O2/c1-16-8-13-21(17(2)14-16)25-23(27)20-11-9-19(10-12-20)22(26)24-15-18-6-4-3-5-7-18/h3-8,13-14,19-20H,9-12,15H2,1-2H3,(H,24,26)(H,25,27). The van der Waals surface area contributed by atoms with Crippen LogP contribution in [0, 0.1) is 25.7 Å². The Morgan fingerprint density at radius 3 is 2.15 bits per heavy atom. The SMILES string of the molecule is Cc1ccc(NC(=O)C2CCC(C(=O)NCc3ccccc3)CC2)c(C)c1. The fourth-order valence-electron chi connectivity index (χ4n) is 3.74. The summed E-state index contributed by atoms with van der Waals surface area (Å²) in [5, 5.41) is 6.08. The van der Waals surface area contributed by atoms with E-state index in [-0.39, 0.29) is 23.7 Å². The summed E-state index contributed by atoms with van der Waals surface area (Å²) < 4.78 is 0. The van der Waals surface area contributed by atoms with E-state index in [1.54, 1.807) is 0 Å². The molecular weight excluding hydrogens is 336 g/mol. The molecule has 1 aliphatic rings. The summed E-state index contributed by atoms with van der Waals surface area (Å²) in [5.41, 5.74) is 4.26. The molecule has 0 heterocycles. The van der Waals surface area contributed by atoms with Crippen molar-refractivity contribution in [1.29, 1.82) is 0 Å². The lowest BCUT2D eigenvalue weighted by Gasteiger charge is -2.27. The first-order chi connectivity index (χ1) is 13.0. The van der Waals surface area contributed by atoms with Crippen molar-refractivity contribution < 1.29 is 9.59 Å². The van der Waals surface area contributed by atoms with Crippen molar-refractivity contribution in [2.75, 3.05) is 5.32 Å². The number of anilines is 1. The van der Waals surface area contributed by atoms with Crippen molar-refractivity contribution in [3.05, 3.63) is 65.2 Å². The number of nitrogens with one attached hydrogen (secondary N) is 2. The molecule has 0 saturated heterocycles. The summed E-state index contributed by atoms with van der Waals surface area (Å²) in [6, 6.07) is 16.0. The Kier molecular flexibility index (Phi) is 6.28. The van der Waals surface area contributed by atoms with Crippen molar-refractivity contribution in [3.63, 3.8) is 0 Å². The first-order valence-electron chi connectivity index (χ1n) is 9.72. The summed E-state index contributed by atoms with van der Waals surface area (Å²) in [6.45, 7) is 4.62. The Morgan fingerprint density at radius 1 is 0.889 bits per heavy atom. The maximum Gasteiger partial charge on any atom is 0.227 e. The fourth-order valence-corrected chi connectivity index (χ4v) is 3.74. The van der Waals surface area contributed by atoms with E-state index in [0.29, 0.717) is 6.54 Å². The second-order valence-electron chi connectivity index (χ2n) is 7.56. The second kappa shape index (κ2) is 8.85. The maximum atomic E-state index is 12.6. The van der Waals surface area contributed by atoms with Gasteiger partial charge in [-0.3, -0.25) is 9.59 Å². The molecule has 3 rings (SSSR count). The van der Waals surface area contributed by atoms with Gasteiger partial charge in [-0.1, -0.05) is 48.0 Å². The molecule has 1 saturated carbocycles. The zero-order valence-corrected chi connectivity index (χ0v) is 16.1. The lowest BCUT2D eigenvalue weighted by Crippen LogP contribution is -2.35. The molecule has 4 nitrogen and oxygen atoms in total. The van der Waals surface area contributed by atoms with Gasteiger partial charge in [-0.05, 0) is 56.7 Å². The lowest BCUT2D eigenvalue weighted by molar-refractivity contribution is -0.128. The number of aryl methyl sites for hydroxylation is 2. The normalized spacial score (nSPS) is 19.3. The number of hydrogen-bond donors (Lipinski definition) is 2. The van der Waals surface area contributed by atoms with Crippen molar-refractivity contribution >= 4 is 17.5 Å². The highest BCUT2D eigenvalue weighted by molar-refractivity contribution is 5.93. The van der Waals surface area contributed by atoms with E-state index in [4.69, 9.17) is 0 Å². The number of benzene rings is 2. The molecule has 2 aromatic rings. The Bertz CT molecular complexity index is 793. The van der Waals surface area contributed by atoms with Crippen molar-refractivity contribution in [3.8, 4) is 0 Å². The van der Waals surface area contributed by atoms with Gasteiger partial charge in [-0.25, -0.2) is 0 Å². The molecule has 0 atom stereocenters. The highest BCUT2D eigenvalue weighted by Gasteiger charge is 2.30. The van der Waals surface area contributed by atoms with Crippen LogP contribution in [0.2, 0.25) is 0 Å². The van der Waals surface area contributed by atoms with Crippen LogP contribution in [0.5, 0.6) is 0 Å². The Hall–Kier alpha value is -2.62. The molecule has 0 bridgehead atoms. The fraction of sp³-hybridized carbons (Fsp3) is 0.391. The number of hydrogen-bond acceptors (Lipinski definition) is 2. The topological polar surface area (TPSA) is 58.2 Å². The zero-order chi connectivity index (χ0) is 19.2. The predicted octanol–water partition coefficient (Wildman–Crippen LogP) is 4.36. The summed E-state index contributed by atoms with van der Waals surface area (Å²) in [7, 11) is 0. The zero-order valence-electron chi connectivity index (χ0n) is 16.1. The highest BCUT2D eigenvalue weighted by Crippen LogP contribution is 2.30. The van der Waals surface area contributed by atoms with Crippen LogP contribution in [0.1, 0.15) is 42.4 Å². The van der Waals surface area contributed by atoms with Gasteiger partial charge in [-0.15, -0.1) is 0 Å². The Labute approximate surface area is 161 Å². The van der Waals surface area contributed by atoms with E-state index in [2.05, 4.69) is 16.7 Å². The predicted molar refractivity (Wildman–Crippen MR) is 108 cm³/mol. The van der Waals surface area contributed by atoms with Crippen LogP contribution in [0.4, 0.5) is 5.69 Å². The van der Waals surface area contributed by atoms with E-state index in [0.717, 1.165) is 42.5 Å². The van der Waals surface area contributed by atoms with Crippen LogP contribution in [0.3, 0.4) is 0 Å². The number of carbonyl (C=O) groups is 2. The third kappa shape index (κ3) is 5.19. The van der Waals surface area contributed by atoms with E-state index in [1.807, 2.05) is 56.3 Å². The molecule has 0 radical (unpaired) electrons. The Balaban J connectivity index is 1.46. The largest absolute Gasteiger partial charge is 0.352 e. The van der Waals surface area contributed by atoms with Gasteiger partial charge in [-0.2, -0.15) is 0 Å². The average Bonchev–Trinajstić information content (AvgIpc) is 2.69. The highest BCUT2D eigenvalue weighted by atomic mass is 16.2. The number of carbonyl (C=O) groups excluding carboxylic acids is 2. The molecule has 2 amide bonds. The molecule has 4 heteroatoms. The molecule has 0 unspecified atom stereocenters. The summed E-state index contributed by atoms with van der Waals surface area (Å²) in [6.07, 6.45) is 3.07. The summed E-state index contributed by atoms with van der Waals surface area (Å²) in [5.74, 6) is 0.180. The molecule has 2 aromatic carbocycles. The van der Waals surface area contributed by atoms with Crippen LogP contribution < -0.4 is 10.6 Å². The molecule has 1 aliphatic carbocycles.